The molecule has 1 fully saturated rings. The minimum atomic E-state index is 0.0601. The summed E-state index contributed by atoms with van der Waals surface area (Å²) < 4.78 is 6.48. The maximum Gasteiger partial charge on any atom is 0.267 e. The van der Waals surface area contributed by atoms with Crippen molar-refractivity contribution < 1.29 is 4.52 Å². The number of hydrogen-bond acceptors (Lipinski definition) is 6. The van der Waals surface area contributed by atoms with Gasteiger partial charge in [0.1, 0.15) is 0 Å². The Morgan fingerprint density at radius 1 is 1.21 bits per heavy atom. The molecule has 2 aliphatic rings. The van der Waals surface area contributed by atoms with Gasteiger partial charge in [0.2, 0.25) is 6.39 Å². The molecule has 0 unspecified atom stereocenters. The number of aryl methyl sites for hydroxylation is 2. The molecule has 1 aliphatic heterocycles. The van der Waals surface area contributed by atoms with E-state index in [9.17, 15) is 4.79 Å². The van der Waals surface area contributed by atoms with Crippen molar-refractivity contribution in [3.8, 4) is 0 Å². The van der Waals surface area contributed by atoms with Crippen LogP contribution in [0, 0.1) is 5.92 Å². The first-order chi connectivity index (χ1) is 11.8. The molecule has 0 atom stereocenters. The minimum absolute atomic E-state index is 0.0601. The smallest absolute Gasteiger partial charge is 0.267 e. The number of piperidine rings is 1. The van der Waals surface area contributed by atoms with Gasteiger partial charge in [0, 0.05) is 12.6 Å². The van der Waals surface area contributed by atoms with E-state index in [-0.39, 0.29) is 5.56 Å². The van der Waals surface area contributed by atoms with Gasteiger partial charge >= 0.3 is 0 Å². The molecule has 3 heterocycles. The summed E-state index contributed by atoms with van der Waals surface area (Å²) in [6.45, 7) is 3.47. The van der Waals surface area contributed by atoms with Crippen molar-refractivity contribution in [1.82, 2.24) is 24.8 Å². The van der Waals surface area contributed by atoms with E-state index in [1.807, 2.05) is 6.07 Å². The van der Waals surface area contributed by atoms with E-state index in [2.05, 4.69) is 20.1 Å². The Balaban J connectivity index is 1.36. The highest BCUT2D eigenvalue weighted by Crippen LogP contribution is 2.21. The average Bonchev–Trinajstić information content (AvgIpc) is 3.10. The standard InChI is InChI=1S/C17H23N5O2/c23-17-9-14-3-1-2-4-15(14)19-22(17)10-13-5-7-21(8-6-13)11-16-18-12-24-20-16/h9,12-13H,1-8,10-11H2. The quantitative estimate of drug-likeness (QED) is 0.844. The molecule has 0 amide bonds. The summed E-state index contributed by atoms with van der Waals surface area (Å²) >= 11 is 0. The third-order valence-corrected chi connectivity index (χ3v) is 5.18. The van der Waals surface area contributed by atoms with Crippen molar-refractivity contribution in [2.24, 2.45) is 5.92 Å². The summed E-state index contributed by atoms with van der Waals surface area (Å²) in [5, 5.41) is 8.51. The SMILES string of the molecule is O=c1cc2c(nn1CC1CCN(Cc3ncon3)CC1)CCCC2. The van der Waals surface area contributed by atoms with Crippen molar-refractivity contribution in [1.29, 1.82) is 0 Å². The van der Waals surface area contributed by atoms with Gasteiger partial charge in [-0.3, -0.25) is 9.69 Å². The van der Waals surface area contributed by atoms with Gasteiger partial charge in [-0.15, -0.1) is 0 Å². The van der Waals surface area contributed by atoms with Gasteiger partial charge in [-0.1, -0.05) is 5.16 Å². The van der Waals surface area contributed by atoms with Crippen molar-refractivity contribution in [2.75, 3.05) is 13.1 Å². The van der Waals surface area contributed by atoms with E-state index in [1.165, 1.54) is 19.2 Å². The van der Waals surface area contributed by atoms with Crippen LogP contribution in [-0.4, -0.2) is 37.9 Å². The van der Waals surface area contributed by atoms with Gasteiger partial charge in [0.25, 0.3) is 5.56 Å². The van der Waals surface area contributed by atoms with E-state index < -0.39 is 0 Å². The molecule has 0 radical (unpaired) electrons. The third kappa shape index (κ3) is 3.40. The molecule has 0 spiro atoms. The van der Waals surface area contributed by atoms with Crippen LogP contribution in [0.15, 0.2) is 21.8 Å². The van der Waals surface area contributed by atoms with Gasteiger partial charge in [0.05, 0.1) is 12.2 Å². The van der Waals surface area contributed by atoms with Crippen LogP contribution >= 0.6 is 0 Å². The van der Waals surface area contributed by atoms with Crippen LogP contribution in [0.25, 0.3) is 0 Å². The van der Waals surface area contributed by atoms with Gasteiger partial charge in [-0.25, -0.2) is 4.68 Å². The molecule has 2 aromatic heterocycles. The Hall–Kier alpha value is -2.02. The first kappa shape index (κ1) is 15.5. The summed E-state index contributed by atoms with van der Waals surface area (Å²) in [6.07, 6.45) is 7.90. The molecule has 7 heteroatoms. The maximum atomic E-state index is 12.3. The number of rotatable bonds is 4. The Kier molecular flexibility index (Phi) is 4.42. The Bertz CT molecular complexity index is 732. The molecular weight excluding hydrogens is 306 g/mol. The average molecular weight is 329 g/mol. The van der Waals surface area contributed by atoms with Crippen molar-refractivity contribution in [3.63, 3.8) is 0 Å². The Morgan fingerprint density at radius 2 is 2.04 bits per heavy atom. The van der Waals surface area contributed by atoms with Crippen LogP contribution < -0.4 is 5.56 Å². The highest BCUT2D eigenvalue weighted by molar-refractivity contribution is 5.20. The van der Waals surface area contributed by atoms with Crippen molar-refractivity contribution in [2.45, 2.75) is 51.6 Å². The lowest BCUT2D eigenvalue weighted by molar-refractivity contribution is 0.159. The first-order valence-corrected chi connectivity index (χ1v) is 8.85. The summed E-state index contributed by atoms with van der Waals surface area (Å²) in [5.74, 6) is 1.25. The Labute approximate surface area is 140 Å². The van der Waals surface area contributed by atoms with Crippen LogP contribution in [-0.2, 0) is 25.9 Å². The third-order valence-electron chi connectivity index (χ3n) is 5.18. The normalized spacial score (nSPS) is 19.3. The highest BCUT2D eigenvalue weighted by Gasteiger charge is 2.22. The van der Waals surface area contributed by atoms with Crippen molar-refractivity contribution in [3.05, 3.63) is 39.9 Å². The number of hydrogen-bond donors (Lipinski definition) is 0. The van der Waals surface area contributed by atoms with Crippen LogP contribution in [0.2, 0.25) is 0 Å². The molecule has 2 aromatic rings. The summed E-state index contributed by atoms with van der Waals surface area (Å²) in [4.78, 5) is 18.7. The second kappa shape index (κ2) is 6.84. The monoisotopic (exact) mass is 329 g/mol. The fraction of sp³-hybridized carbons (Fsp3) is 0.647. The van der Waals surface area contributed by atoms with Crippen LogP contribution in [0.4, 0.5) is 0 Å². The lowest BCUT2D eigenvalue weighted by Crippen LogP contribution is -2.37. The lowest BCUT2D eigenvalue weighted by Gasteiger charge is -2.31. The van der Waals surface area contributed by atoms with E-state index >= 15 is 0 Å². The van der Waals surface area contributed by atoms with E-state index in [1.54, 1.807) is 4.68 Å². The predicted molar refractivity (Wildman–Crippen MR) is 87.4 cm³/mol. The molecule has 4 rings (SSSR count). The van der Waals surface area contributed by atoms with Gasteiger partial charge in [0.15, 0.2) is 5.82 Å². The van der Waals surface area contributed by atoms with Crippen LogP contribution in [0.1, 0.15) is 42.8 Å². The van der Waals surface area contributed by atoms with Crippen molar-refractivity contribution >= 4 is 0 Å². The molecule has 24 heavy (non-hydrogen) atoms. The molecule has 7 nitrogen and oxygen atoms in total. The van der Waals surface area contributed by atoms with Gasteiger partial charge in [-0.05, 0) is 63.1 Å². The molecule has 0 aromatic carbocycles. The van der Waals surface area contributed by atoms with Crippen LogP contribution in [0.5, 0.6) is 0 Å². The zero-order valence-electron chi connectivity index (χ0n) is 13.9. The second-order valence-corrected chi connectivity index (χ2v) is 6.91. The molecule has 1 saturated heterocycles. The fourth-order valence-electron chi connectivity index (χ4n) is 3.77. The van der Waals surface area contributed by atoms with Crippen LogP contribution in [0.3, 0.4) is 0 Å². The topological polar surface area (TPSA) is 77.0 Å². The van der Waals surface area contributed by atoms with Gasteiger partial charge < -0.3 is 4.52 Å². The number of nitrogens with zero attached hydrogens (tertiary/aromatic N) is 5. The zero-order chi connectivity index (χ0) is 16.4. The second-order valence-electron chi connectivity index (χ2n) is 6.91. The predicted octanol–water partition coefficient (Wildman–Crippen LogP) is 1.42. The lowest BCUT2D eigenvalue weighted by atomic mass is 9.96. The summed E-state index contributed by atoms with van der Waals surface area (Å²) in [6, 6.07) is 1.81. The number of aromatic nitrogens is 4. The molecule has 1 aliphatic carbocycles. The van der Waals surface area contributed by atoms with E-state index in [4.69, 9.17) is 4.52 Å². The Morgan fingerprint density at radius 3 is 2.83 bits per heavy atom. The molecule has 128 valence electrons. The molecule has 0 bridgehead atoms. The molecule has 0 N–H and O–H groups in total. The highest BCUT2D eigenvalue weighted by atomic mass is 16.5. The minimum Gasteiger partial charge on any atom is -0.343 e. The molecule has 0 saturated carbocycles. The largest absolute Gasteiger partial charge is 0.343 e. The first-order valence-electron chi connectivity index (χ1n) is 8.85. The molecular formula is C17H23N5O2. The van der Waals surface area contributed by atoms with E-state index in [0.717, 1.165) is 68.9 Å². The zero-order valence-corrected chi connectivity index (χ0v) is 13.9. The van der Waals surface area contributed by atoms with Gasteiger partial charge in [-0.2, -0.15) is 10.1 Å². The number of likely N-dealkylation sites (tertiary alicyclic amines) is 1. The summed E-state index contributed by atoms with van der Waals surface area (Å²) in [5.41, 5.74) is 2.36. The number of fused-ring (bicyclic) bond motifs is 1. The van der Waals surface area contributed by atoms with E-state index in [0.29, 0.717) is 5.92 Å². The maximum absolute atomic E-state index is 12.3. The fourth-order valence-corrected chi connectivity index (χ4v) is 3.77. The summed E-state index contributed by atoms with van der Waals surface area (Å²) in [7, 11) is 0.